The third kappa shape index (κ3) is 5.41. The van der Waals surface area contributed by atoms with E-state index in [1.165, 1.54) is 0 Å². The van der Waals surface area contributed by atoms with Crippen LogP contribution in [0.1, 0.15) is 16.7 Å². The summed E-state index contributed by atoms with van der Waals surface area (Å²) in [5.41, 5.74) is 5.80. The molecule has 0 aromatic heterocycles. The molecule has 0 saturated heterocycles. The summed E-state index contributed by atoms with van der Waals surface area (Å²) in [5.74, 6) is 1.06. The molecule has 144 valence electrons. The van der Waals surface area contributed by atoms with Crippen molar-refractivity contribution >= 4 is 29.4 Å². The molecule has 6 heteroatoms. The first kappa shape index (κ1) is 20.1. The van der Waals surface area contributed by atoms with Gasteiger partial charge in [-0.15, -0.1) is 0 Å². The lowest BCUT2D eigenvalue weighted by Gasteiger charge is -2.13. The molecule has 3 aromatic rings. The molecule has 0 amide bonds. The highest BCUT2D eigenvalue weighted by atomic mass is 35.5. The summed E-state index contributed by atoms with van der Waals surface area (Å²) in [6.45, 7) is 0.934. The molecule has 4 nitrogen and oxygen atoms in total. The number of hydrazone groups is 1. The highest BCUT2D eigenvalue weighted by molar-refractivity contribution is 6.32. The molecule has 0 aliphatic carbocycles. The lowest BCUT2D eigenvalue weighted by atomic mass is 10.2. The Labute approximate surface area is 174 Å². The van der Waals surface area contributed by atoms with Crippen molar-refractivity contribution < 1.29 is 9.47 Å². The standard InChI is InChI=1S/C22H20Cl2N2O2/c1-27-21-12-17(13-25-26-14-18-9-5-6-10-19(18)23)11-20(24)22(21)28-15-16-7-3-2-4-8-16/h2-13,26H,14-15H2,1H3/b25-13-. The Morgan fingerprint density at radius 2 is 1.71 bits per heavy atom. The molecular weight excluding hydrogens is 395 g/mol. The SMILES string of the molecule is COc1cc(/C=N\NCc2ccccc2Cl)cc(Cl)c1OCc1ccccc1. The van der Waals surface area contributed by atoms with Crippen molar-refractivity contribution in [2.24, 2.45) is 5.10 Å². The third-order valence-corrected chi connectivity index (χ3v) is 4.66. The van der Waals surface area contributed by atoms with Crippen LogP contribution in [-0.4, -0.2) is 13.3 Å². The van der Waals surface area contributed by atoms with Crippen LogP contribution in [0, 0.1) is 0 Å². The Bertz CT molecular complexity index is 947. The molecular formula is C22H20Cl2N2O2. The zero-order chi connectivity index (χ0) is 19.8. The first-order valence-corrected chi connectivity index (χ1v) is 9.46. The normalized spacial score (nSPS) is 10.8. The van der Waals surface area contributed by atoms with Crippen molar-refractivity contribution in [3.63, 3.8) is 0 Å². The Balaban J connectivity index is 1.65. The summed E-state index contributed by atoms with van der Waals surface area (Å²) < 4.78 is 11.3. The first-order valence-electron chi connectivity index (χ1n) is 8.71. The Hall–Kier alpha value is -2.69. The van der Waals surface area contributed by atoms with Gasteiger partial charge in [0.1, 0.15) is 6.61 Å². The van der Waals surface area contributed by atoms with E-state index in [0.717, 1.165) is 16.7 Å². The predicted octanol–water partition coefficient (Wildman–Crippen LogP) is 5.70. The molecule has 3 aromatic carbocycles. The van der Waals surface area contributed by atoms with Crippen LogP contribution >= 0.6 is 23.2 Å². The van der Waals surface area contributed by atoms with Crippen LogP contribution in [0.5, 0.6) is 11.5 Å². The van der Waals surface area contributed by atoms with E-state index in [0.29, 0.717) is 34.7 Å². The number of methoxy groups -OCH3 is 1. The molecule has 28 heavy (non-hydrogen) atoms. The van der Waals surface area contributed by atoms with Crippen LogP contribution in [-0.2, 0) is 13.2 Å². The van der Waals surface area contributed by atoms with E-state index in [4.69, 9.17) is 32.7 Å². The maximum atomic E-state index is 6.40. The van der Waals surface area contributed by atoms with E-state index < -0.39 is 0 Å². The molecule has 3 rings (SSSR count). The third-order valence-electron chi connectivity index (χ3n) is 4.01. The summed E-state index contributed by atoms with van der Waals surface area (Å²) in [5, 5.41) is 5.39. The molecule has 0 bridgehead atoms. The number of benzene rings is 3. The molecule has 1 N–H and O–H groups in total. The average Bonchev–Trinajstić information content (AvgIpc) is 2.72. The van der Waals surface area contributed by atoms with Crippen LogP contribution in [0.4, 0.5) is 0 Å². The largest absolute Gasteiger partial charge is 0.493 e. The van der Waals surface area contributed by atoms with Gasteiger partial charge in [0.05, 0.1) is 24.9 Å². The van der Waals surface area contributed by atoms with Gasteiger partial charge in [-0.2, -0.15) is 5.10 Å². The van der Waals surface area contributed by atoms with Gasteiger partial charge in [-0.3, -0.25) is 0 Å². The Morgan fingerprint density at radius 3 is 2.46 bits per heavy atom. The highest BCUT2D eigenvalue weighted by Gasteiger charge is 2.12. The molecule has 0 spiro atoms. The lowest BCUT2D eigenvalue weighted by molar-refractivity contribution is 0.284. The topological polar surface area (TPSA) is 42.8 Å². The van der Waals surface area contributed by atoms with Crippen LogP contribution in [0.25, 0.3) is 0 Å². The van der Waals surface area contributed by atoms with Crippen molar-refractivity contribution in [3.05, 3.63) is 93.5 Å². The number of rotatable bonds is 8. The maximum Gasteiger partial charge on any atom is 0.180 e. The number of nitrogens with one attached hydrogen (secondary N) is 1. The second-order valence-corrected chi connectivity index (χ2v) is 6.81. The van der Waals surface area contributed by atoms with E-state index in [1.54, 1.807) is 19.4 Å². The Morgan fingerprint density at radius 1 is 0.964 bits per heavy atom. The van der Waals surface area contributed by atoms with E-state index >= 15 is 0 Å². The predicted molar refractivity (Wildman–Crippen MR) is 115 cm³/mol. The zero-order valence-corrected chi connectivity index (χ0v) is 16.9. The Kier molecular flexibility index (Phi) is 7.18. The van der Waals surface area contributed by atoms with Crippen molar-refractivity contribution in [1.29, 1.82) is 0 Å². The van der Waals surface area contributed by atoms with Gasteiger partial charge in [-0.25, -0.2) is 0 Å². The van der Waals surface area contributed by atoms with Crippen LogP contribution in [0.15, 0.2) is 71.8 Å². The highest BCUT2D eigenvalue weighted by Crippen LogP contribution is 2.36. The number of ether oxygens (including phenoxy) is 2. The maximum absolute atomic E-state index is 6.40. The minimum Gasteiger partial charge on any atom is -0.493 e. The first-order chi connectivity index (χ1) is 13.7. The number of nitrogens with zero attached hydrogens (tertiary/aromatic N) is 1. The van der Waals surface area contributed by atoms with Gasteiger partial charge in [0.25, 0.3) is 0 Å². The van der Waals surface area contributed by atoms with E-state index in [2.05, 4.69) is 10.5 Å². The second kappa shape index (κ2) is 10.0. The van der Waals surface area contributed by atoms with Crippen LogP contribution < -0.4 is 14.9 Å². The van der Waals surface area contributed by atoms with Gasteiger partial charge >= 0.3 is 0 Å². The number of hydrogen-bond donors (Lipinski definition) is 1. The smallest absolute Gasteiger partial charge is 0.180 e. The average molecular weight is 415 g/mol. The van der Waals surface area contributed by atoms with E-state index in [9.17, 15) is 0 Å². The van der Waals surface area contributed by atoms with Crippen molar-refractivity contribution in [2.45, 2.75) is 13.2 Å². The fourth-order valence-corrected chi connectivity index (χ4v) is 3.05. The molecule has 0 aliphatic heterocycles. The van der Waals surface area contributed by atoms with Gasteiger partial charge in [-0.1, -0.05) is 71.7 Å². The summed E-state index contributed by atoms with van der Waals surface area (Å²) in [7, 11) is 1.58. The van der Waals surface area contributed by atoms with E-state index in [-0.39, 0.29) is 0 Å². The number of hydrogen-bond acceptors (Lipinski definition) is 4. The van der Waals surface area contributed by atoms with Crippen LogP contribution in [0.2, 0.25) is 10.0 Å². The summed E-state index contributed by atoms with van der Waals surface area (Å²) in [4.78, 5) is 0. The van der Waals surface area contributed by atoms with Gasteiger partial charge in [0.15, 0.2) is 11.5 Å². The molecule has 0 heterocycles. The molecule has 0 aliphatic rings. The molecule has 0 atom stereocenters. The molecule has 0 saturated carbocycles. The quantitative estimate of drug-likeness (QED) is 0.379. The molecule has 0 unspecified atom stereocenters. The minimum atomic E-state index is 0.406. The van der Waals surface area contributed by atoms with Gasteiger partial charge < -0.3 is 14.9 Å². The lowest BCUT2D eigenvalue weighted by Crippen LogP contribution is -2.06. The second-order valence-electron chi connectivity index (χ2n) is 5.99. The molecule has 0 fully saturated rings. The molecule has 0 radical (unpaired) electrons. The van der Waals surface area contributed by atoms with Crippen molar-refractivity contribution in [3.8, 4) is 11.5 Å². The zero-order valence-electron chi connectivity index (χ0n) is 15.4. The van der Waals surface area contributed by atoms with Crippen molar-refractivity contribution in [2.75, 3.05) is 7.11 Å². The summed E-state index contributed by atoms with van der Waals surface area (Å²) in [6.07, 6.45) is 1.67. The fourth-order valence-electron chi connectivity index (χ4n) is 2.58. The van der Waals surface area contributed by atoms with E-state index in [1.807, 2.05) is 60.7 Å². The van der Waals surface area contributed by atoms with Crippen molar-refractivity contribution in [1.82, 2.24) is 5.43 Å². The fraction of sp³-hybridized carbons (Fsp3) is 0.136. The van der Waals surface area contributed by atoms with Gasteiger partial charge in [0, 0.05) is 5.02 Å². The summed E-state index contributed by atoms with van der Waals surface area (Å²) >= 11 is 12.5. The summed E-state index contributed by atoms with van der Waals surface area (Å²) in [6, 6.07) is 21.1. The van der Waals surface area contributed by atoms with Gasteiger partial charge in [0.2, 0.25) is 0 Å². The van der Waals surface area contributed by atoms with Gasteiger partial charge in [-0.05, 0) is 34.9 Å². The minimum absolute atomic E-state index is 0.406. The number of halogens is 2. The van der Waals surface area contributed by atoms with Crippen LogP contribution in [0.3, 0.4) is 0 Å². The monoisotopic (exact) mass is 414 g/mol.